The van der Waals surface area contributed by atoms with Crippen LogP contribution in [0.2, 0.25) is 0 Å². The van der Waals surface area contributed by atoms with Crippen LogP contribution in [0.4, 0.5) is 13.2 Å². The number of carbonyl (C=O) groups is 2. The lowest BCUT2D eigenvalue weighted by molar-refractivity contribution is -0.108. The van der Waals surface area contributed by atoms with Crippen molar-refractivity contribution in [2.45, 2.75) is 24.9 Å². The van der Waals surface area contributed by atoms with Crippen LogP contribution in [0.1, 0.15) is 57.1 Å². The van der Waals surface area contributed by atoms with E-state index in [4.69, 9.17) is 14.6 Å². The molecule has 2 aromatic carbocycles. The van der Waals surface area contributed by atoms with Crippen molar-refractivity contribution in [1.29, 1.82) is 0 Å². The molecule has 2 aromatic heterocycles. The third-order valence-electron chi connectivity index (χ3n) is 7.80. The van der Waals surface area contributed by atoms with E-state index < -0.39 is 17.6 Å². The van der Waals surface area contributed by atoms with Crippen molar-refractivity contribution in [2.75, 3.05) is 40.5 Å². The number of carboxylic acid groups (broad SMARTS) is 1. The van der Waals surface area contributed by atoms with Crippen LogP contribution in [-0.2, 0) is 9.47 Å². The number of ether oxygens (including phenoxy) is 2. The molecular formula is C38H35F3N4O5. The van der Waals surface area contributed by atoms with E-state index in [9.17, 15) is 22.8 Å². The maximum atomic E-state index is 13.1. The Morgan fingerprint density at radius 2 is 1.30 bits per heavy atom. The Labute approximate surface area is 288 Å². The molecule has 2 aliphatic rings. The van der Waals surface area contributed by atoms with E-state index in [1.54, 1.807) is 42.3 Å². The zero-order valence-electron chi connectivity index (χ0n) is 27.9. The monoisotopic (exact) mass is 684 g/mol. The van der Waals surface area contributed by atoms with Crippen molar-refractivity contribution < 1.29 is 37.3 Å². The van der Waals surface area contributed by atoms with Gasteiger partial charge in [0.25, 0.3) is 5.91 Å². The van der Waals surface area contributed by atoms with Crippen molar-refractivity contribution in [3.05, 3.63) is 130 Å². The number of likely N-dealkylation sites (N-methyl/N-ethyl adjacent to an activating group) is 2. The smallest absolute Gasteiger partial charge is 0.354 e. The van der Waals surface area contributed by atoms with E-state index in [1.807, 2.05) is 14.0 Å². The van der Waals surface area contributed by atoms with Crippen LogP contribution in [0.25, 0.3) is 0 Å². The normalized spacial score (nSPS) is 14.5. The van der Waals surface area contributed by atoms with Gasteiger partial charge in [0.1, 0.15) is 17.2 Å². The molecular weight excluding hydrogens is 649 g/mol. The number of hydrogen-bond donors (Lipinski definition) is 2. The van der Waals surface area contributed by atoms with Gasteiger partial charge in [0.05, 0.1) is 37.5 Å². The Bertz CT molecular complexity index is 1930. The first-order chi connectivity index (χ1) is 23.8. The molecule has 0 saturated carbocycles. The summed E-state index contributed by atoms with van der Waals surface area (Å²) in [5, 5.41) is 11.8. The fourth-order valence-electron chi connectivity index (χ4n) is 4.18. The number of nitrogens with one attached hydrogen (secondary N) is 1. The first-order valence-corrected chi connectivity index (χ1v) is 15.3. The van der Waals surface area contributed by atoms with Gasteiger partial charge in [-0.3, -0.25) is 4.79 Å². The summed E-state index contributed by atoms with van der Waals surface area (Å²) in [6.45, 7) is 6.85. The summed E-state index contributed by atoms with van der Waals surface area (Å²) >= 11 is 0. The Balaban J connectivity index is 0.000000195. The highest BCUT2D eigenvalue weighted by atomic mass is 19.2. The maximum Gasteiger partial charge on any atom is 0.354 e. The number of carboxylic acids is 1. The van der Waals surface area contributed by atoms with E-state index in [0.29, 0.717) is 46.7 Å². The molecule has 0 atom stereocenters. The van der Waals surface area contributed by atoms with E-state index in [-0.39, 0.29) is 23.0 Å². The highest BCUT2D eigenvalue weighted by molar-refractivity contribution is 5.92. The molecule has 2 N–H and O–H groups in total. The Hall–Kier alpha value is -5.53. The summed E-state index contributed by atoms with van der Waals surface area (Å²) in [6.07, 6.45) is 2.85. The molecule has 0 bridgehead atoms. The molecule has 2 aliphatic heterocycles. The minimum atomic E-state index is -1.08. The van der Waals surface area contributed by atoms with Gasteiger partial charge < -0.3 is 24.8 Å². The number of hydrogen-bond acceptors (Lipinski definition) is 7. The molecule has 6 rings (SSSR count). The molecule has 12 heteroatoms. The number of carbonyl (C=O) groups excluding carboxylic acids is 1. The number of aromatic nitrogens is 2. The molecule has 0 radical (unpaired) electrons. The van der Waals surface area contributed by atoms with Crippen LogP contribution < -0.4 is 5.32 Å². The summed E-state index contributed by atoms with van der Waals surface area (Å²) in [5.74, 6) is 7.63. The average molecular weight is 685 g/mol. The van der Waals surface area contributed by atoms with Gasteiger partial charge in [-0.15, -0.1) is 0 Å². The first kappa shape index (κ1) is 37.3. The Morgan fingerprint density at radius 3 is 1.72 bits per heavy atom. The Morgan fingerprint density at radius 1 is 0.760 bits per heavy atom. The molecule has 0 spiro atoms. The topological polar surface area (TPSA) is 114 Å². The zero-order valence-corrected chi connectivity index (χ0v) is 27.9. The number of nitrogens with zero attached hydrogens (tertiary/aromatic N) is 3. The second-order valence-corrected chi connectivity index (χ2v) is 12.0. The van der Waals surface area contributed by atoms with Crippen molar-refractivity contribution in [2.24, 2.45) is 0 Å². The van der Waals surface area contributed by atoms with Gasteiger partial charge in [0.2, 0.25) is 0 Å². The van der Waals surface area contributed by atoms with Crippen LogP contribution in [0.15, 0.2) is 79.1 Å². The lowest BCUT2D eigenvalue weighted by Crippen LogP contribution is -2.60. The lowest BCUT2D eigenvalue weighted by Gasteiger charge is -2.45. The highest BCUT2D eigenvalue weighted by Gasteiger charge is 2.40. The number of pyridine rings is 2. The predicted molar refractivity (Wildman–Crippen MR) is 180 cm³/mol. The van der Waals surface area contributed by atoms with Crippen LogP contribution >= 0.6 is 0 Å². The molecule has 2 fully saturated rings. The van der Waals surface area contributed by atoms with E-state index in [0.717, 1.165) is 25.3 Å². The largest absolute Gasteiger partial charge is 0.477 e. The molecule has 2 saturated heterocycles. The molecule has 4 aromatic rings. The summed E-state index contributed by atoms with van der Waals surface area (Å²) in [6, 6.07) is 15.6. The standard InChI is InChI=1S/C19H16F2N2O2.C14H8FNO2.C5H11NO/c1-19(11-25-12-19)23(2)18(24)17-8-6-14(10-22-17)4-3-13-5-7-15(20)16(21)9-13;15-12-3-1-2-10(8-12)4-5-11-6-7-13(14(17)18)16-9-11;1-5(6-2)3-7-4-5/h5-10H,11-12H2,1-2H3;1-3,6-9H,(H,17,18);6H,3-4H2,1-2H3. The maximum absolute atomic E-state index is 13.1. The molecule has 50 heavy (non-hydrogen) atoms. The molecule has 258 valence electrons. The summed E-state index contributed by atoms with van der Waals surface area (Å²) in [5.41, 5.74) is 2.32. The van der Waals surface area contributed by atoms with Crippen molar-refractivity contribution in [3.8, 4) is 23.7 Å². The van der Waals surface area contributed by atoms with Crippen LogP contribution in [0, 0.1) is 41.1 Å². The number of aromatic carboxylic acids is 1. The minimum absolute atomic E-state index is 0.0358. The number of benzene rings is 2. The van der Waals surface area contributed by atoms with Crippen LogP contribution in [0.5, 0.6) is 0 Å². The SMILES string of the molecule is CN(C(=O)c1ccc(C#Cc2ccc(F)c(F)c2)cn1)C1(C)COC1.CNC1(C)COC1.O=C(O)c1ccc(C#Cc2cccc(F)c2)cn1. The third kappa shape index (κ3) is 10.2. The van der Waals surface area contributed by atoms with Crippen LogP contribution in [0.3, 0.4) is 0 Å². The molecule has 9 nitrogen and oxygen atoms in total. The summed E-state index contributed by atoms with van der Waals surface area (Å²) in [4.78, 5) is 32.5. The van der Waals surface area contributed by atoms with E-state index in [2.05, 4.69) is 45.9 Å². The van der Waals surface area contributed by atoms with Gasteiger partial charge in [-0.25, -0.2) is 27.9 Å². The summed E-state index contributed by atoms with van der Waals surface area (Å²) in [7, 11) is 3.69. The second-order valence-electron chi connectivity index (χ2n) is 12.0. The molecule has 0 unspecified atom stereocenters. The quantitative estimate of drug-likeness (QED) is 0.291. The summed E-state index contributed by atoms with van der Waals surface area (Å²) < 4.78 is 49.1. The number of halogens is 3. The van der Waals surface area contributed by atoms with Gasteiger partial charge in [0.15, 0.2) is 11.6 Å². The van der Waals surface area contributed by atoms with E-state index in [1.165, 1.54) is 36.7 Å². The third-order valence-corrected chi connectivity index (χ3v) is 7.80. The molecule has 0 aliphatic carbocycles. The lowest BCUT2D eigenvalue weighted by atomic mass is 9.98. The van der Waals surface area contributed by atoms with Gasteiger partial charge in [-0.1, -0.05) is 29.7 Å². The van der Waals surface area contributed by atoms with Crippen molar-refractivity contribution in [3.63, 3.8) is 0 Å². The average Bonchev–Trinajstić information content (AvgIpc) is 3.09. The second kappa shape index (κ2) is 16.7. The number of rotatable bonds is 4. The van der Waals surface area contributed by atoms with Crippen LogP contribution in [-0.4, -0.2) is 83.5 Å². The fourth-order valence-corrected chi connectivity index (χ4v) is 4.18. The fraction of sp³-hybridized carbons (Fsp3) is 0.263. The number of amides is 1. The zero-order chi connectivity index (χ0) is 36.3. The minimum Gasteiger partial charge on any atom is -0.477 e. The molecule has 1 amide bonds. The van der Waals surface area contributed by atoms with Crippen molar-refractivity contribution >= 4 is 11.9 Å². The molecule has 4 heterocycles. The first-order valence-electron chi connectivity index (χ1n) is 15.3. The van der Waals surface area contributed by atoms with Gasteiger partial charge >= 0.3 is 5.97 Å². The predicted octanol–water partition coefficient (Wildman–Crippen LogP) is 4.93. The van der Waals surface area contributed by atoms with Crippen molar-refractivity contribution in [1.82, 2.24) is 20.2 Å². The highest BCUT2D eigenvalue weighted by Crippen LogP contribution is 2.24. The van der Waals surface area contributed by atoms with E-state index >= 15 is 0 Å². The Kier molecular flexibility index (Phi) is 12.5. The van der Waals surface area contributed by atoms with Gasteiger partial charge in [-0.05, 0) is 81.6 Å². The van der Waals surface area contributed by atoms with Gasteiger partial charge in [0, 0.05) is 41.7 Å². The van der Waals surface area contributed by atoms with Gasteiger partial charge in [-0.2, -0.15) is 0 Å².